The Labute approximate surface area is 130 Å². The van der Waals surface area contributed by atoms with Gasteiger partial charge < -0.3 is 5.32 Å². The molecule has 1 amide bonds. The first kappa shape index (κ1) is 16.1. The van der Waals surface area contributed by atoms with Gasteiger partial charge in [0.25, 0.3) is 0 Å². The lowest BCUT2D eigenvalue weighted by Crippen LogP contribution is -2.10. The van der Waals surface area contributed by atoms with Gasteiger partial charge in [-0.3, -0.25) is 4.79 Å². The maximum absolute atomic E-state index is 12.6. The molecule has 2 rings (SSSR count). The number of hydrogen-bond donors (Lipinski definition) is 1. The van der Waals surface area contributed by atoms with Gasteiger partial charge in [-0.2, -0.15) is 13.2 Å². The Morgan fingerprint density at radius 2 is 1.82 bits per heavy atom. The largest absolute Gasteiger partial charge is 0.416 e. The number of carbonyl (C=O) groups is 1. The van der Waals surface area contributed by atoms with E-state index in [1.807, 2.05) is 0 Å². The number of carbonyl (C=O) groups excluding carboxylic acids is 1. The minimum atomic E-state index is -4.45. The molecule has 114 valence electrons. The summed E-state index contributed by atoms with van der Waals surface area (Å²) in [5.74, 6) is -0.542. The molecule has 0 radical (unpaired) electrons. The second kappa shape index (κ2) is 6.66. The SMILES string of the molecule is O=C(C=Cc1ccccc1Cl)Nc1cccc(C(F)(F)F)c1. The lowest BCUT2D eigenvalue weighted by Gasteiger charge is -2.08. The van der Waals surface area contributed by atoms with Gasteiger partial charge in [-0.25, -0.2) is 0 Å². The van der Waals surface area contributed by atoms with Crippen LogP contribution in [0.4, 0.5) is 18.9 Å². The molecular weight excluding hydrogens is 315 g/mol. The summed E-state index contributed by atoms with van der Waals surface area (Å²) >= 11 is 5.93. The summed E-state index contributed by atoms with van der Waals surface area (Å²) in [6, 6.07) is 11.3. The van der Waals surface area contributed by atoms with Crippen molar-refractivity contribution in [2.45, 2.75) is 6.18 Å². The Morgan fingerprint density at radius 3 is 2.50 bits per heavy atom. The summed E-state index contributed by atoms with van der Waals surface area (Å²) in [5.41, 5.74) is -0.104. The van der Waals surface area contributed by atoms with Crippen LogP contribution in [0.25, 0.3) is 6.08 Å². The van der Waals surface area contributed by atoms with Gasteiger partial charge >= 0.3 is 6.18 Å². The maximum Gasteiger partial charge on any atom is 0.416 e. The summed E-state index contributed by atoms with van der Waals surface area (Å²) in [6.07, 6.45) is -1.75. The molecule has 0 saturated heterocycles. The van der Waals surface area contributed by atoms with Gasteiger partial charge in [-0.1, -0.05) is 35.9 Å². The highest BCUT2D eigenvalue weighted by Crippen LogP contribution is 2.30. The molecule has 0 heterocycles. The van der Waals surface area contributed by atoms with Crippen molar-refractivity contribution in [3.05, 3.63) is 70.8 Å². The zero-order valence-corrected chi connectivity index (χ0v) is 11.9. The molecule has 0 aromatic heterocycles. The number of halogens is 4. The van der Waals surface area contributed by atoms with Crippen LogP contribution in [0.1, 0.15) is 11.1 Å². The monoisotopic (exact) mass is 325 g/mol. The van der Waals surface area contributed by atoms with Crippen molar-refractivity contribution in [1.29, 1.82) is 0 Å². The summed E-state index contributed by atoms with van der Waals surface area (Å²) in [7, 11) is 0. The predicted octanol–water partition coefficient (Wildman–Crippen LogP) is 5.01. The fraction of sp³-hybridized carbons (Fsp3) is 0.0625. The number of benzene rings is 2. The molecule has 0 spiro atoms. The van der Waals surface area contributed by atoms with E-state index in [4.69, 9.17) is 11.6 Å². The molecule has 0 aliphatic heterocycles. The lowest BCUT2D eigenvalue weighted by atomic mass is 10.2. The molecule has 0 bridgehead atoms. The Balaban J connectivity index is 2.08. The van der Waals surface area contributed by atoms with E-state index in [1.165, 1.54) is 24.3 Å². The number of nitrogens with one attached hydrogen (secondary N) is 1. The normalized spacial score (nSPS) is 11.6. The summed E-state index contributed by atoms with van der Waals surface area (Å²) < 4.78 is 37.7. The smallest absolute Gasteiger partial charge is 0.322 e. The fourth-order valence-electron chi connectivity index (χ4n) is 1.73. The third-order valence-electron chi connectivity index (χ3n) is 2.78. The molecule has 2 nitrogen and oxygen atoms in total. The third-order valence-corrected chi connectivity index (χ3v) is 3.12. The highest BCUT2D eigenvalue weighted by molar-refractivity contribution is 6.32. The van der Waals surface area contributed by atoms with Gasteiger partial charge in [0.1, 0.15) is 0 Å². The summed E-state index contributed by atoms with van der Waals surface area (Å²) in [6.45, 7) is 0. The number of alkyl halides is 3. The number of anilines is 1. The van der Waals surface area contributed by atoms with Crippen LogP contribution in [-0.2, 0) is 11.0 Å². The quantitative estimate of drug-likeness (QED) is 0.790. The number of rotatable bonds is 3. The van der Waals surface area contributed by atoms with Gasteiger partial charge in [0.2, 0.25) is 5.91 Å². The Hall–Kier alpha value is -2.27. The van der Waals surface area contributed by atoms with Crippen molar-refractivity contribution in [2.24, 2.45) is 0 Å². The van der Waals surface area contributed by atoms with E-state index in [2.05, 4.69) is 5.32 Å². The number of hydrogen-bond acceptors (Lipinski definition) is 1. The van der Waals surface area contributed by atoms with E-state index >= 15 is 0 Å². The Morgan fingerprint density at radius 1 is 1.09 bits per heavy atom. The van der Waals surface area contributed by atoms with Crippen LogP contribution >= 0.6 is 11.6 Å². The first-order valence-electron chi connectivity index (χ1n) is 6.27. The van der Waals surface area contributed by atoms with Crippen molar-refractivity contribution in [3.8, 4) is 0 Å². The van der Waals surface area contributed by atoms with Crippen molar-refractivity contribution in [3.63, 3.8) is 0 Å². The zero-order valence-electron chi connectivity index (χ0n) is 11.2. The molecule has 0 aliphatic carbocycles. The molecule has 0 saturated carbocycles. The maximum atomic E-state index is 12.6. The first-order valence-corrected chi connectivity index (χ1v) is 6.65. The molecule has 22 heavy (non-hydrogen) atoms. The van der Waals surface area contributed by atoms with Crippen LogP contribution in [-0.4, -0.2) is 5.91 Å². The van der Waals surface area contributed by atoms with Crippen LogP contribution in [0.15, 0.2) is 54.6 Å². The van der Waals surface area contributed by atoms with E-state index in [1.54, 1.807) is 24.3 Å². The van der Waals surface area contributed by atoms with Crippen LogP contribution in [0.2, 0.25) is 5.02 Å². The van der Waals surface area contributed by atoms with E-state index in [-0.39, 0.29) is 5.69 Å². The second-order valence-electron chi connectivity index (χ2n) is 4.42. The molecule has 1 N–H and O–H groups in total. The standard InChI is InChI=1S/C16H11ClF3NO/c17-14-7-2-1-4-11(14)8-9-15(22)21-13-6-3-5-12(10-13)16(18,19)20/h1-10H,(H,21,22). The van der Waals surface area contributed by atoms with Crippen molar-refractivity contribution < 1.29 is 18.0 Å². The van der Waals surface area contributed by atoms with E-state index in [9.17, 15) is 18.0 Å². The highest BCUT2D eigenvalue weighted by atomic mass is 35.5. The van der Waals surface area contributed by atoms with Gasteiger partial charge in [0.05, 0.1) is 5.56 Å². The van der Waals surface area contributed by atoms with Crippen LogP contribution in [0.5, 0.6) is 0 Å². The molecule has 0 unspecified atom stereocenters. The first-order chi connectivity index (χ1) is 10.4. The van der Waals surface area contributed by atoms with Crippen molar-refractivity contribution in [1.82, 2.24) is 0 Å². The van der Waals surface area contributed by atoms with Gasteiger partial charge in [0.15, 0.2) is 0 Å². The van der Waals surface area contributed by atoms with Gasteiger partial charge in [0, 0.05) is 16.8 Å². The summed E-state index contributed by atoms with van der Waals surface area (Å²) in [5, 5.41) is 2.85. The molecular formula is C16H11ClF3NO. The van der Waals surface area contributed by atoms with Gasteiger partial charge in [-0.15, -0.1) is 0 Å². The van der Waals surface area contributed by atoms with Crippen molar-refractivity contribution >= 4 is 29.3 Å². The molecule has 6 heteroatoms. The van der Waals surface area contributed by atoms with Crippen molar-refractivity contribution in [2.75, 3.05) is 5.32 Å². The molecule has 0 atom stereocenters. The average Bonchev–Trinajstić information content (AvgIpc) is 2.46. The minimum absolute atomic E-state index is 0.0728. The average molecular weight is 326 g/mol. The van der Waals surface area contributed by atoms with Crippen LogP contribution in [0, 0.1) is 0 Å². The summed E-state index contributed by atoms with van der Waals surface area (Å²) in [4.78, 5) is 11.7. The molecule has 0 fully saturated rings. The predicted molar refractivity (Wildman–Crippen MR) is 80.6 cm³/mol. The van der Waals surface area contributed by atoms with Crippen LogP contribution in [0.3, 0.4) is 0 Å². The zero-order chi connectivity index (χ0) is 16.2. The molecule has 0 aliphatic rings. The third kappa shape index (κ3) is 4.36. The topological polar surface area (TPSA) is 29.1 Å². The molecule has 2 aromatic carbocycles. The van der Waals surface area contributed by atoms with E-state index in [0.29, 0.717) is 10.6 Å². The molecule has 2 aromatic rings. The van der Waals surface area contributed by atoms with Gasteiger partial charge in [-0.05, 0) is 35.9 Å². The minimum Gasteiger partial charge on any atom is -0.322 e. The Kier molecular flexibility index (Phi) is 4.88. The lowest BCUT2D eigenvalue weighted by molar-refractivity contribution is -0.137. The highest BCUT2D eigenvalue weighted by Gasteiger charge is 2.30. The van der Waals surface area contributed by atoms with E-state index < -0.39 is 17.6 Å². The van der Waals surface area contributed by atoms with Crippen LogP contribution < -0.4 is 5.32 Å². The second-order valence-corrected chi connectivity index (χ2v) is 4.83. The van der Waals surface area contributed by atoms with E-state index in [0.717, 1.165) is 12.1 Å². The Bertz CT molecular complexity index is 711. The number of amides is 1. The fourth-order valence-corrected chi connectivity index (χ4v) is 1.93.